The third-order valence-electron chi connectivity index (χ3n) is 7.73. The van der Waals surface area contributed by atoms with Crippen molar-refractivity contribution in [2.75, 3.05) is 13.2 Å². The second-order valence-electron chi connectivity index (χ2n) is 10.2. The number of ether oxygens (including phenoxy) is 2. The van der Waals surface area contributed by atoms with Crippen molar-refractivity contribution in [3.05, 3.63) is 101 Å². The van der Waals surface area contributed by atoms with Gasteiger partial charge in [-0.2, -0.15) is 0 Å². The van der Waals surface area contributed by atoms with Gasteiger partial charge in [0.2, 0.25) is 0 Å². The second-order valence-corrected chi connectivity index (χ2v) is 10.2. The molecule has 1 atom stereocenters. The van der Waals surface area contributed by atoms with E-state index in [1.165, 1.54) is 0 Å². The summed E-state index contributed by atoms with van der Waals surface area (Å²) in [5, 5.41) is 4.19. The third kappa shape index (κ3) is 4.69. The number of hydrogen-bond acceptors (Lipinski definition) is 6. The molecule has 7 heteroatoms. The maximum absolute atomic E-state index is 12.6. The number of nitrogens with zero attached hydrogens (tertiary/aromatic N) is 2. The van der Waals surface area contributed by atoms with Gasteiger partial charge in [-0.15, -0.1) is 0 Å². The average Bonchev–Trinajstić information content (AvgIpc) is 3.60. The zero-order valence-corrected chi connectivity index (χ0v) is 22.1. The number of carbonyl (C=O) groups is 2. The fourth-order valence-corrected chi connectivity index (χ4v) is 5.27. The smallest absolute Gasteiger partial charge is 0.410 e. The van der Waals surface area contributed by atoms with Gasteiger partial charge < -0.3 is 14.0 Å². The van der Waals surface area contributed by atoms with Crippen LogP contribution in [-0.2, 0) is 26.2 Å². The van der Waals surface area contributed by atoms with E-state index in [1.54, 1.807) is 4.90 Å². The summed E-state index contributed by atoms with van der Waals surface area (Å²) in [5.74, 6) is 0.522. The number of aromatic nitrogens is 1. The van der Waals surface area contributed by atoms with Crippen LogP contribution >= 0.6 is 0 Å². The topological polar surface area (TPSA) is 81.9 Å². The number of esters is 1. The molecule has 7 nitrogen and oxygen atoms in total. The Morgan fingerprint density at radius 3 is 2.26 bits per heavy atom. The maximum Gasteiger partial charge on any atom is 0.410 e. The van der Waals surface area contributed by atoms with Gasteiger partial charge in [0.15, 0.2) is 5.76 Å². The lowest BCUT2D eigenvalue weighted by Crippen LogP contribution is -2.24. The van der Waals surface area contributed by atoms with Gasteiger partial charge in [0.1, 0.15) is 6.10 Å². The minimum atomic E-state index is -0.470. The van der Waals surface area contributed by atoms with Crippen molar-refractivity contribution in [3.63, 3.8) is 0 Å². The molecule has 2 fully saturated rings. The highest BCUT2D eigenvalue weighted by molar-refractivity contribution is 5.87. The summed E-state index contributed by atoms with van der Waals surface area (Å²) in [4.78, 5) is 26.8. The van der Waals surface area contributed by atoms with Crippen LogP contribution in [0.5, 0.6) is 0 Å². The first-order valence-electron chi connectivity index (χ1n) is 13.3. The van der Waals surface area contributed by atoms with Crippen molar-refractivity contribution < 1.29 is 23.6 Å². The molecule has 0 bridgehead atoms. The minimum absolute atomic E-state index is 0.127. The highest BCUT2D eigenvalue weighted by atomic mass is 16.6. The first-order chi connectivity index (χ1) is 19.0. The van der Waals surface area contributed by atoms with E-state index in [4.69, 9.17) is 14.0 Å². The van der Waals surface area contributed by atoms with E-state index in [0.29, 0.717) is 25.5 Å². The lowest BCUT2D eigenvalue weighted by atomic mass is 9.93. The lowest BCUT2D eigenvalue weighted by Gasteiger charge is -2.15. The molecule has 1 aliphatic heterocycles. The molecule has 0 radical (unpaired) electrons. The highest BCUT2D eigenvalue weighted by Crippen LogP contribution is 2.49. The fraction of sp³-hybridized carbons (Fsp3) is 0.281. The standard InChI is InChI=1S/C32H30N2O5/c1-3-37-30(35)32(17-18-32)26-15-13-23(14-16-26)22-9-11-25(12-10-22)29-27(21(2)33-39-29)19-34-20-28(38-31(34)36)24-7-5-4-6-8-24/h4-16,28H,3,17-20H2,1-2H3. The van der Waals surface area contributed by atoms with Crippen LogP contribution in [0.25, 0.3) is 22.5 Å². The Morgan fingerprint density at radius 2 is 1.62 bits per heavy atom. The molecule has 39 heavy (non-hydrogen) atoms. The average molecular weight is 523 g/mol. The minimum Gasteiger partial charge on any atom is -0.465 e. The number of carbonyl (C=O) groups excluding carboxylic acids is 2. The Hall–Kier alpha value is -4.39. The van der Waals surface area contributed by atoms with Crippen molar-refractivity contribution in [3.8, 4) is 22.5 Å². The summed E-state index contributed by atoms with van der Waals surface area (Å²) in [6.45, 7) is 4.95. The Labute approximate surface area is 227 Å². The van der Waals surface area contributed by atoms with Gasteiger partial charge in [-0.05, 0) is 48.9 Å². The molecule has 1 amide bonds. The van der Waals surface area contributed by atoms with Gasteiger partial charge in [0.05, 0.1) is 30.8 Å². The van der Waals surface area contributed by atoms with Crippen molar-refractivity contribution in [2.45, 2.75) is 44.8 Å². The number of cyclic esters (lactones) is 1. The van der Waals surface area contributed by atoms with Gasteiger partial charge in [-0.3, -0.25) is 9.69 Å². The van der Waals surface area contributed by atoms with E-state index in [2.05, 4.69) is 17.3 Å². The van der Waals surface area contributed by atoms with Gasteiger partial charge in [-0.1, -0.05) is 84.0 Å². The van der Waals surface area contributed by atoms with Crippen LogP contribution in [0.4, 0.5) is 4.79 Å². The summed E-state index contributed by atoms with van der Waals surface area (Å²) in [6.07, 6.45) is 1.03. The monoisotopic (exact) mass is 522 g/mol. The molecule has 0 spiro atoms. The summed E-state index contributed by atoms with van der Waals surface area (Å²) in [5.41, 5.74) is 6.14. The fourth-order valence-electron chi connectivity index (χ4n) is 5.27. The van der Waals surface area contributed by atoms with Crippen molar-refractivity contribution >= 4 is 12.1 Å². The van der Waals surface area contributed by atoms with Crippen molar-refractivity contribution in [2.24, 2.45) is 0 Å². The molecule has 0 N–H and O–H groups in total. The third-order valence-corrected chi connectivity index (χ3v) is 7.73. The van der Waals surface area contributed by atoms with Crippen LogP contribution in [-0.4, -0.2) is 35.3 Å². The van der Waals surface area contributed by atoms with E-state index in [9.17, 15) is 9.59 Å². The molecule has 198 valence electrons. The van der Waals surface area contributed by atoms with E-state index < -0.39 is 5.41 Å². The molecule has 1 aliphatic carbocycles. The lowest BCUT2D eigenvalue weighted by molar-refractivity contribution is -0.146. The Kier molecular flexibility index (Phi) is 6.43. The molecule has 1 aromatic heterocycles. The predicted octanol–water partition coefficient (Wildman–Crippen LogP) is 6.61. The van der Waals surface area contributed by atoms with Crippen LogP contribution in [0.3, 0.4) is 0 Å². The van der Waals surface area contributed by atoms with Crippen LogP contribution < -0.4 is 0 Å². The number of hydrogen-bond donors (Lipinski definition) is 0. The predicted molar refractivity (Wildman–Crippen MR) is 146 cm³/mol. The van der Waals surface area contributed by atoms with Crippen LogP contribution in [0, 0.1) is 6.92 Å². The van der Waals surface area contributed by atoms with Gasteiger partial charge in [-0.25, -0.2) is 4.79 Å². The van der Waals surface area contributed by atoms with E-state index in [-0.39, 0.29) is 18.2 Å². The number of benzene rings is 3. The zero-order chi connectivity index (χ0) is 27.0. The number of amides is 1. The first kappa shape index (κ1) is 24.9. The molecule has 2 aliphatic rings. The van der Waals surface area contributed by atoms with Crippen molar-refractivity contribution in [1.29, 1.82) is 0 Å². The van der Waals surface area contributed by atoms with E-state index >= 15 is 0 Å². The van der Waals surface area contributed by atoms with Crippen molar-refractivity contribution in [1.82, 2.24) is 10.1 Å². The molecule has 1 saturated heterocycles. The molecule has 4 aromatic rings. The summed E-state index contributed by atoms with van der Waals surface area (Å²) in [6, 6.07) is 26.0. The number of rotatable bonds is 8. The molecule has 3 aromatic carbocycles. The van der Waals surface area contributed by atoms with E-state index in [0.717, 1.165) is 51.9 Å². The SMILES string of the molecule is CCOC(=O)C1(c2ccc(-c3ccc(-c4onc(C)c4CN4CC(c5ccccc5)OC4=O)cc3)cc2)CC1. The van der Waals surface area contributed by atoms with Crippen LogP contribution in [0.1, 0.15) is 48.3 Å². The van der Waals surface area contributed by atoms with Gasteiger partial charge in [0.25, 0.3) is 0 Å². The Balaban J connectivity index is 1.18. The Bertz CT molecular complexity index is 1490. The molecular formula is C32H30N2O5. The van der Waals surface area contributed by atoms with Crippen LogP contribution in [0.2, 0.25) is 0 Å². The second kappa shape index (κ2) is 10.1. The molecule has 1 unspecified atom stereocenters. The molecule has 6 rings (SSSR count). The normalized spacial score (nSPS) is 17.6. The molecule has 1 saturated carbocycles. The highest BCUT2D eigenvalue weighted by Gasteiger charge is 2.52. The van der Waals surface area contributed by atoms with Crippen LogP contribution in [0.15, 0.2) is 83.4 Å². The maximum atomic E-state index is 12.6. The van der Waals surface area contributed by atoms with Gasteiger partial charge in [0, 0.05) is 11.1 Å². The Morgan fingerprint density at radius 1 is 0.974 bits per heavy atom. The number of aryl methyl sites for hydroxylation is 1. The first-order valence-corrected chi connectivity index (χ1v) is 13.3. The van der Waals surface area contributed by atoms with Gasteiger partial charge >= 0.3 is 12.1 Å². The zero-order valence-electron chi connectivity index (χ0n) is 22.1. The largest absolute Gasteiger partial charge is 0.465 e. The van der Waals surface area contributed by atoms with E-state index in [1.807, 2.05) is 80.6 Å². The summed E-state index contributed by atoms with van der Waals surface area (Å²) in [7, 11) is 0. The summed E-state index contributed by atoms with van der Waals surface area (Å²) < 4.78 is 16.6. The molecular weight excluding hydrogens is 492 g/mol. The quantitative estimate of drug-likeness (QED) is 0.242. The molecule has 2 heterocycles. The summed E-state index contributed by atoms with van der Waals surface area (Å²) >= 11 is 0.